The molecule has 156 valence electrons. The molecule has 0 fully saturated rings. The first-order valence-corrected chi connectivity index (χ1v) is 9.90. The number of amides is 1. The number of hydrogen-bond acceptors (Lipinski definition) is 6. The first-order valence-electron chi connectivity index (χ1n) is 9.90. The summed E-state index contributed by atoms with van der Waals surface area (Å²) in [5.74, 6) is -1.27. The zero-order valence-corrected chi connectivity index (χ0v) is 16.7. The Labute approximate surface area is 176 Å². The molecule has 0 saturated heterocycles. The molecule has 8 nitrogen and oxygen atoms in total. The topological polar surface area (TPSA) is 125 Å². The third-order valence-corrected chi connectivity index (χ3v) is 5.97. The highest BCUT2D eigenvalue weighted by molar-refractivity contribution is 5.92. The van der Waals surface area contributed by atoms with Gasteiger partial charge in [-0.3, -0.25) is 9.59 Å². The number of nitrogens with two attached hydrogens (primary N) is 1. The molecule has 5 rings (SSSR count). The van der Waals surface area contributed by atoms with Crippen LogP contribution < -0.4 is 11.3 Å². The number of benzene rings is 1. The van der Waals surface area contributed by atoms with Crippen LogP contribution >= 0.6 is 0 Å². The maximum atomic E-state index is 13.2. The van der Waals surface area contributed by atoms with Crippen LogP contribution in [-0.4, -0.2) is 26.5 Å². The summed E-state index contributed by atoms with van der Waals surface area (Å²) in [6.07, 6.45) is 3.02. The highest BCUT2D eigenvalue weighted by atomic mass is 16.6. The molecule has 1 atom stereocenters. The summed E-state index contributed by atoms with van der Waals surface area (Å²) in [4.78, 5) is 41.1. The molecule has 1 aromatic carbocycles. The molecule has 3 N–H and O–H groups in total. The number of cyclic esters (lactones) is 1. The fourth-order valence-electron chi connectivity index (χ4n) is 4.29. The molecule has 1 amide bonds. The average molecular weight is 417 g/mol. The molecular formula is C23H19N3O5. The average Bonchev–Trinajstić information content (AvgIpc) is 3.11. The van der Waals surface area contributed by atoms with Crippen molar-refractivity contribution >= 4 is 28.9 Å². The number of aromatic nitrogens is 2. The van der Waals surface area contributed by atoms with Gasteiger partial charge in [-0.15, -0.1) is 0 Å². The van der Waals surface area contributed by atoms with Crippen molar-refractivity contribution in [2.45, 2.75) is 32.1 Å². The standard InChI is InChI=1S/C23H19N3O5/c1-2-23(30)16-9-18-20-14(10-26(18)21(28)15(16)11-31-22(23)29)8-13-7-12(4-6-19(24)27)3-5-17(13)25-20/h3-9,30H,2,10-11H2,1H3,(H2,24,27)/t23-/m0/s1. The minimum atomic E-state index is -1.84. The largest absolute Gasteiger partial charge is 0.458 e. The van der Waals surface area contributed by atoms with E-state index in [0.29, 0.717) is 29.1 Å². The summed E-state index contributed by atoms with van der Waals surface area (Å²) < 4.78 is 6.68. The monoisotopic (exact) mass is 417 g/mol. The molecule has 2 aliphatic heterocycles. The second kappa shape index (κ2) is 6.61. The van der Waals surface area contributed by atoms with Gasteiger partial charge in [0.05, 0.1) is 29.0 Å². The van der Waals surface area contributed by atoms with E-state index >= 15 is 0 Å². The number of hydrogen-bond donors (Lipinski definition) is 2. The van der Waals surface area contributed by atoms with Crippen molar-refractivity contribution in [2.24, 2.45) is 5.73 Å². The number of primary amides is 1. The molecular weight excluding hydrogens is 398 g/mol. The van der Waals surface area contributed by atoms with E-state index in [9.17, 15) is 19.5 Å². The zero-order valence-electron chi connectivity index (χ0n) is 16.7. The van der Waals surface area contributed by atoms with Crippen LogP contribution in [0.25, 0.3) is 28.4 Å². The van der Waals surface area contributed by atoms with Crippen molar-refractivity contribution in [3.63, 3.8) is 0 Å². The number of pyridine rings is 2. The molecule has 3 aromatic rings. The van der Waals surface area contributed by atoms with Crippen molar-refractivity contribution in [2.75, 3.05) is 0 Å². The highest BCUT2D eigenvalue weighted by Crippen LogP contribution is 2.38. The third-order valence-electron chi connectivity index (χ3n) is 5.97. The zero-order chi connectivity index (χ0) is 21.9. The Kier molecular flexibility index (Phi) is 4.10. The fraction of sp³-hybridized carbons (Fsp3) is 0.217. The SMILES string of the molecule is CC[C@@]1(O)C(=O)OCc2c1cc1n(c2=O)Cc2cc3cc(C=CC(N)=O)ccc3nc2-1. The number of carbonyl (C=O) groups is 2. The Morgan fingerprint density at radius 1 is 1.32 bits per heavy atom. The lowest BCUT2D eigenvalue weighted by Crippen LogP contribution is -2.44. The lowest BCUT2D eigenvalue weighted by Gasteiger charge is -2.31. The number of ether oxygens (including phenoxy) is 1. The lowest BCUT2D eigenvalue weighted by molar-refractivity contribution is -0.172. The predicted molar refractivity (Wildman–Crippen MR) is 113 cm³/mol. The van der Waals surface area contributed by atoms with Crippen molar-refractivity contribution in [3.05, 3.63) is 69.0 Å². The van der Waals surface area contributed by atoms with Gasteiger partial charge in [0, 0.05) is 22.6 Å². The minimum absolute atomic E-state index is 0.0985. The number of fused-ring (bicyclic) bond motifs is 5. The van der Waals surface area contributed by atoms with Crippen LogP contribution in [0.4, 0.5) is 0 Å². The maximum Gasteiger partial charge on any atom is 0.343 e. The van der Waals surface area contributed by atoms with Crippen LogP contribution in [0.5, 0.6) is 0 Å². The van der Waals surface area contributed by atoms with Gasteiger partial charge in [-0.25, -0.2) is 9.78 Å². The molecule has 2 aliphatic rings. The number of rotatable bonds is 3. The third kappa shape index (κ3) is 2.79. The lowest BCUT2D eigenvalue weighted by atomic mass is 9.86. The van der Waals surface area contributed by atoms with Crippen LogP contribution in [0.3, 0.4) is 0 Å². The van der Waals surface area contributed by atoms with Crippen LogP contribution in [-0.2, 0) is 33.1 Å². The fourth-order valence-corrected chi connectivity index (χ4v) is 4.29. The van der Waals surface area contributed by atoms with Gasteiger partial charge in [0.15, 0.2) is 5.60 Å². The van der Waals surface area contributed by atoms with E-state index in [1.54, 1.807) is 23.6 Å². The van der Waals surface area contributed by atoms with Crippen LogP contribution in [0, 0.1) is 0 Å². The van der Waals surface area contributed by atoms with Gasteiger partial charge in [-0.2, -0.15) is 0 Å². The van der Waals surface area contributed by atoms with Gasteiger partial charge in [0.1, 0.15) is 6.61 Å². The first kappa shape index (κ1) is 19.2. The van der Waals surface area contributed by atoms with E-state index < -0.39 is 17.5 Å². The Morgan fingerprint density at radius 3 is 2.87 bits per heavy atom. The number of aliphatic hydroxyl groups is 1. The van der Waals surface area contributed by atoms with Gasteiger partial charge in [-0.05, 0) is 42.3 Å². The molecule has 4 heterocycles. The summed E-state index contributed by atoms with van der Waals surface area (Å²) in [6, 6.07) is 9.19. The molecule has 8 heteroatoms. The van der Waals surface area contributed by atoms with Gasteiger partial charge in [0.25, 0.3) is 5.56 Å². The molecule has 31 heavy (non-hydrogen) atoms. The Hall–Kier alpha value is -3.78. The molecule has 0 saturated carbocycles. The minimum Gasteiger partial charge on any atom is -0.458 e. The summed E-state index contributed by atoms with van der Waals surface area (Å²) in [6.45, 7) is 1.85. The van der Waals surface area contributed by atoms with Crippen molar-refractivity contribution in [1.29, 1.82) is 0 Å². The van der Waals surface area contributed by atoms with E-state index in [2.05, 4.69) is 0 Å². The number of carbonyl (C=O) groups excluding carboxylic acids is 2. The maximum absolute atomic E-state index is 13.2. The second-order valence-corrected chi connectivity index (χ2v) is 7.79. The quantitative estimate of drug-likeness (QED) is 0.385. The summed E-state index contributed by atoms with van der Waals surface area (Å²) >= 11 is 0. The van der Waals surface area contributed by atoms with E-state index in [-0.39, 0.29) is 18.6 Å². The van der Waals surface area contributed by atoms with Crippen LogP contribution in [0.15, 0.2) is 41.2 Å². The Bertz CT molecular complexity index is 1390. The number of esters is 1. The smallest absolute Gasteiger partial charge is 0.343 e. The van der Waals surface area contributed by atoms with E-state index in [4.69, 9.17) is 15.5 Å². The summed E-state index contributed by atoms with van der Waals surface area (Å²) in [5, 5.41) is 11.8. The predicted octanol–water partition coefficient (Wildman–Crippen LogP) is 1.58. The number of nitrogens with zero attached hydrogens (tertiary/aromatic N) is 2. The summed E-state index contributed by atoms with van der Waals surface area (Å²) in [7, 11) is 0. The Balaban J connectivity index is 1.68. The van der Waals surface area contributed by atoms with E-state index in [1.807, 2.05) is 24.3 Å². The normalized spacial score (nSPS) is 19.2. The van der Waals surface area contributed by atoms with Crippen LogP contribution in [0.2, 0.25) is 0 Å². The first-order chi connectivity index (χ1) is 14.8. The van der Waals surface area contributed by atoms with Gasteiger partial charge in [-0.1, -0.05) is 13.0 Å². The van der Waals surface area contributed by atoms with Gasteiger partial charge in [0.2, 0.25) is 5.91 Å². The van der Waals surface area contributed by atoms with Gasteiger partial charge < -0.3 is 20.1 Å². The van der Waals surface area contributed by atoms with E-state index in [0.717, 1.165) is 22.0 Å². The van der Waals surface area contributed by atoms with Crippen LogP contribution in [0.1, 0.15) is 35.6 Å². The highest BCUT2D eigenvalue weighted by Gasteiger charge is 2.45. The molecule has 0 unspecified atom stereocenters. The second-order valence-electron chi connectivity index (χ2n) is 7.79. The molecule has 2 aromatic heterocycles. The van der Waals surface area contributed by atoms with Crippen molar-refractivity contribution in [1.82, 2.24) is 9.55 Å². The molecule has 0 spiro atoms. The molecule has 0 aliphatic carbocycles. The summed E-state index contributed by atoms with van der Waals surface area (Å²) in [5.41, 5.74) is 7.21. The Morgan fingerprint density at radius 2 is 2.13 bits per heavy atom. The van der Waals surface area contributed by atoms with Crippen molar-refractivity contribution in [3.8, 4) is 11.4 Å². The van der Waals surface area contributed by atoms with Crippen molar-refractivity contribution < 1.29 is 19.4 Å². The van der Waals surface area contributed by atoms with Gasteiger partial charge >= 0.3 is 5.97 Å². The van der Waals surface area contributed by atoms with E-state index in [1.165, 1.54) is 6.08 Å². The molecule has 0 radical (unpaired) electrons. The molecule has 0 bridgehead atoms.